The van der Waals surface area contributed by atoms with Gasteiger partial charge in [0.05, 0.1) is 6.61 Å². The van der Waals surface area contributed by atoms with E-state index in [-0.39, 0.29) is 0 Å². The van der Waals surface area contributed by atoms with Gasteiger partial charge in [-0.2, -0.15) is 0 Å². The van der Waals surface area contributed by atoms with Gasteiger partial charge in [0, 0.05) is 11.5 Å². The molecule has 1 heteroatoms. The van der Waals surface area contributed by atoms with Gasteiger partial charge in [0.25, 0.3) is 0 Å². The summed E-state index contributed by atoms with van der Waals surface area (Å²) in [6, 6.07) is 8.40. The lowest BCUT2D eigenvalue weighted by Gasteiger charge is -2.21. The van der Waals surface area contributed by atoms with Gasteiger partial charge < -0.3 is 4.74 Å². The van der Waals surface area contributed by atoms with E-state index in [1.807, 2.05) is 6.07 Å². The highest BCUT2D eigenvalue weighted by atomic mass is 16.5. The van der Waals surface area contributed by atoms with E-state index in [0.717, 1.165) is 12.4 Å². The fraction of sp³-hybridized carbons (Fsp3) is 0.538. The highest BCUT2D eigenvalue weighted by molar-refractivity contribution is 5.39. The minimum absolute atomic E-state index is 0.380. The monoisotopic (exact) mass is 190 g/mol. The van der Waals surface area contributed by atoms with Crippen molar-refractivity contribution in [3.63, 3.8) is 0 Å². The van der Waals surface area contributed by atoms with Crippen LogP contribution in [-0.2, 0) is 0 Å². The molecule has 1 nitrogen and oxygen atoms in total. The summed E-state index contributed by atoms with van der Waals surface area (Å²) in [6.45, 7) is 7.71. The predicted molar refractivity (Wildman–Crippen MR) is 58.8 cm³/mol. The minimum atomic E-state index is 0.380. The van der Waals surface area contributed by atoms with Gasteiger partial charge in [-0.15, -0.1) is 0 Å². The first kappa shape index (κ1) is 9.57. The molecule has 2 rings (SSSR count). The molecule has 1 aliphatic heterocycles. The van der Waals surface area contributed by atoms with E-state index in [0.29, 0.717) is 11.3 Å². The van der Waals surface area contributed by atoms with Gasteiger partial charge in [-0.3, -0.25) is 0 Å². The number of para-hydroxylation sites is 1. The Bertz CT molecular complexity index is 322. The van der Waals surface area contributed by atoms with Crippen LogP contribution in [0.5, 0.6) is 5.75 Å². The molecule has 1 heterocycles. The molecule has 0 amide bonds. The molecule has 0 spiro atoms. The van der Waals surface area contributed by atoms with Crippen molar-refractivity contribution >= 4 is 0 Å². The molecule has 0 saturated heterocycles. The lowest BCUT2D eigenvalue weighted by Crippen LogP contribution is -2.12. The lowest BCUT2D eigenvalue weighted by atomic mass is 9.82. The molecule has 1 aromatic carbocycles. The third kappa shape index (κ3) is 1.92. The third-order valence-corrected chi connectivity index (χ3v) is 2.66. The summed E-state index contributed by atoms with van der Waals surface area (Å²) in [6.07, 6.45) is 1.20. The van der Waals surface area contributed by atoms with E-state index < -0.39 is 0 Å². The number of fused-ring (bicyclic) bond motifs is 1. The van der Waals surface area contributed by atoms with Crippen molar-refractivity contribution < 1.29 is 4.74 Å². The first-order valence-electron chi connectivity index (χ1n) is 5.28. The smallest absolute Gasteiger partial charge is 0.122 e. The van der Waals surface area contributed by atoms with Crippen molar-refractivity contribution in [2.75, 3.05) is 6.61 Å². The molecule has 1 atom stereocenters. The number of benzene rings is 1. The van der Waals surface area contributed by atoms with Crippen LogP contribution in [0.15, 0.2) is 24.3 Å². The summed E-state index contributed by atoms with van der Waals surface area (Å²) < 4.78 is 5.66. The Morgan fingerprint density at radius 2 is 2.00 bits per heavy atom. The molecule has 0 radical (unpaired) electrons. The van der Waals surface area contributed by atoms with Crippen molar-refractivity contribution in [1.82, 2.24) is 0 Å². The highest BCUT2D eigenvalue weighted by Crippen LogP contribution is 2.40. The van der Waals surface area contributed by atoms with Gasteiger partial charge in [0.1, 0.15) is 5.75 Å². The second-order valence-corrected chi connectivity index (χ2v) is 5.31. The molecular formula is C13H18O. The average molecular weight is 190 g/mol. The largest absolute Gasteiger partial charge is 0.493 e. The Balaban J connectivity index is 2.18. The van der Waals surface area contributed by atoms with Crippen molar-refractivity contribution in [1.29, 1.82) is 0 Å². The van der Waals surface area contributed by atoms with Crippen molar-refractivity contribution in [3.8, 4) is 5.75 Å². The molecule has 14 heavy (non-hydrogen) atoms. The summed E-state index contributed by atoms with van der Waals surface area (Å²) in [5, 5.41) is 0. The van der Waals surface area contributed by atoms with E-state index in [2.05, 4.69) is 39.0 Å². The summed E-state index contributed by atoms with van der Waals surface area (Å²) in [7, 11) is 0. The molecule has 0 aromatic heterocycles. The van der Waals surface area contributed by atoms with E-state index >= 15 is 0 Å². The van der Waals surface area contributed by atoms with Crippen molar-refractivity contribution in [3.05, 3.63) is 29.8 Å². The molecular weight excluding hydrogens is 172 g/mol. The molecule has 1 aromatic rings. The molecule has 0 saturated carbocycles. The Morgan fingerprint density at radius 3 is 2.71 bits per heavy atom. The summed E-state index contributed by atoms with van der Waals surface area (Å²) in [5.74, 6) is 1.67. The zero-order chi connectivity index (χ0) is 10.2. The molecule has 1 aliphatic rings. The van der Waals surface area contributed by atoms with Crippen LogP contribution in [0, 0.1) is 5.41 Å². The SMILES string of the molecule is CC(C)(C)CC1COc2ccccc21. The van der Waals surface area contributed by atoms with Crippen LogP contribution in [0.3, 0.4) is 0 Å². The lowest BCUT2D eigenvalue weighted by molar-refractivity contribution is 0.275. The average Bonchev–Trinajstić information content (AvgIpc) is 2.47. The maximum absolute atomic E-state index is 5.66. The van der Waals surface area contributed by atoms with E-state index in [1.54, 1.807) is 0 Å². The Labute approximate surface area is 86.1 Å². The van der Waals surface area contributed by atoms with Gasteiger partial charge in [-0.25, -0.2) is 0 Å². The molecule has 1 unspecified atom stereocenters. The molecule has 76 valence electrons. The zero-order valence-corrected chi connectivity index (χ0v) is 9.21. The normalized spacial score (nSPS) is 20.4. The van der Waals surface area contributed by atoms with Crippen LogP contribution in [0.4, 0.5) is 0 Å². The quantitative estimate of drug-likeness (QED) is 0.657. The van der Waals surface area contributed by atoms with Gasteiger partial charge >= 0.3 is 0 Å². The highest BCUT2D eigenvalue weighted by Gasteiger charge is 2.27. The van der Waals surface area contributed by atoms with Crippen LogP contribution >= 0.6 is 0 Å². The number of hydrogen-bond donors (Lipinski definition) is 0. The molecule has 0 N–H and O–H groups in total. The number of rotatable bonds is 1. The summed E-state index contributed by atoms with van der Waals surface area (Å²) in [4.78, 5) is 0. The van der Waals surface area contributed by atoms with Crippen LogP contribution in [0.25, 0.3) is 0 Å². The standard InChI is InChI=1S/C13H18O/c1-13(2,3)8-10-9-14-12-7-5-4-6-11(10)12/h4-7,10H,8-9H2,1-3H3. The van der Waals surface area contributed by atoms with E-state index in [4.69, 9.17) is 4.74 Å². The summed E-state index contributed by atoms with van der Waals surface area (Å²) in [5.41, 5.74) is 1.77. The first-order chi connectivity index (χ1) is 6.56. The van der Waals surface area contributed by atoms with Gasteiger partial charge in [0.2, 0.25) is 0 Å². The fourth-order valence-electron chi connectivity index (χ4n) is 2.14. The third-order valence-electron chi connectivity index (χ3n) is 2.66. The maximum atomic E-state index is 5.66. The van der Waals surface area contributed by atoms with E-state index in [1.165, 1.54) is 12.0 Å². The second kappa shape index (κ2) is 3.30. The Morgan fingerprint density at radius 1 is 1.29 bits per heavy atom. The van der Waals surface area contributed by atoms with Crippen LogP contribution in [0.1, 0.15) is 38.7 Å². The van der Waals surface area contributed by atoms with Gasteiger partial charge in [-0.1, -0.05) is 39.0 Å². The fourth-order valence-corrected chi connectivity index (χ4v) is 2.14. The maximum Gasteiger partial charge on any atom is 0.122 e. The topological polar surface area (TPSA) is 9.23 Å². The van der Waals surface area contributed by atoms with Crippen molar-refractivity contribution in [2.45, 2.75) is 33.1 Å². The molecule has 0 fully saturated rings. The zero-order valence-electron chi connectivity index (χ0n) is 9.21. The van der Waals surface area contributed by atoms with Crippen molar-refractivity contribution in [2.24, 2.45) is 5.41 Å². The number of hydrogen-bond acceptors (Lipinski definition) is 1. The van der Waals surface area contributed by atoms with E-state index in [9.17, 15) is 0 Å². The van der Waals surface area contributed by atoms with Crippen LogP contribution in [-0.4, -0.2) is 6.61 Å². The molecule has 0 bridgehead atoms. The van der Waals surface area contributed by atoms with Crippen LogP contribution in [0.2, 0.25) is 0 Å². The van der Waals surface area contributed by atoms with Gasteiger partial charge in [-0.05, 0) is 17.9 Å². The second-order valence-electron chi connectivity index (χ2n) is 5.31. The summed E-state index contributed by atoms with van der Waals surface area (Å²) >= 11 is 0. The minimum Gasteiger partial charge on any atom is -0.493 e. The first-order valence-corrected chi connectivity index (χ1v) is 5.28. The Kier molecular flexibility index (Phi) is 2.26. The molecule has 0 aliphatic carbocycles. The Hall–Kier alpha value is -0.980. The number of ether oxygens (including phenoxy) is 1. The van der Waals surface area contributed by atoms with Gasteiger partial charge in [0.15, 0.2) is 0 Å². The predicted octanol–water partition coefficient (Wildman–Crippen LogP) is 3.60. The van der Waals surface area contributed by atoms with Crippen LogP contribution < -0.4 is 4.74 Å².